The molecule has 0 fully saturated rings. The summed E-state index contributed by atoms with van der Waals surface area (Å²) in [6.07, 6.45) is -16.6. The van der Waals surface area contributed by atoms with Crippen LogP contribution in [0.3, 0.4) is 0 Å². The van der Waals surface area contributed by atoms with Gasteiger partial charge in [0.1, 0.15) is 5.69 Å². The lowest BCUT2D eigenvalue weighted by molar-refractivity contribution is -0.394. The number of benzene rings is 2. The Hall–Kier alpha value is -3.59. The average Bonchev–Trinajstić information content (AvgIpc) is 2.58. The van der Waals surface area contributed by atoms with Crippen molar-refractivity contribution in [2.45, 2.75) is 18.5 Å². The topological polar surface area (TPSA) is 98.3 Å². The van der Waals surface area contributed by atoms with Crippen molar-refractivity contribution in [3.05, 3.63) is 67.3 Å². The van der Waals surface area contributed by atoms with E-state index in [2.05, 4.69) is 0 Å². The molecule has 0 aliphatic heterocycles. The zero-order valence-electron chi connectivity index (χ0n) is 14.3. The van der Waals surface area contributed by atoms with E-state index in [4.69, 9.17) is 0 Å². The quantitative estimate of drug-likeness (QED) is 0.326. The van der Waals surface area contributed by atoms with Gasteiger partial charge in [-0.2, -0.15) is 39.5 Å². The largest absolute Gasteiger partial charge is 0.418 e. The Morgan fingerprint density at radius 1 is 0.677 bits per heavy atom. The first-order chi connectivity index (χ1) is 13.9. The standard InChI is InChI=1S/C15H6F9N3O4/c16-13(17,18)7-2-1-3-8(14(19,20)21)11(7)25-12-9(15(22,23)24)4-6(26(28)29)5-10(12)27(30)31/h1-5,25H. The fourth-order valence-electron chi connectivity index (χ4n) is 2.50. The van der Waals surface area contributed by atoms with Gasteiger partial charge in [-0.25, -0.2) is 0 Å². The number of nitro groups is 2. The van der Waals surface area contributed by atoms with Crippen LogP contribution >= 0.6 is 0 Å². The van der Waals surface area contributed by atoms with Gasteiger partial charge >= 0.3 is 18.5 Å². The molecule has 0 amide bonds. The Kier molecular flexibility index (Phi) is 5.80. The third-order valence-corrected chi connectivity index (χ3v) is 3.74. The van der Waals surface area contributed by atoms with Crippen molar-refractivity contribution in [1.29, 1.82) is 0 Å². The molecule has 2 aromatic rings. The highest BCUT2D eigenvalue weighted by Gasteiger charge is 2.44. The number of nitro benzene ring substituents is 2. The monoisotopic (exact) mass is 463 g/mol. The highest BCUT2D eigenvalue weighted by molar-refractivity contribution is 5.79. The molecule has 2 rings (SSSR count). The molecular formula is C15H6F9N3O4. The SMILES string of the molecule is O=[N+]([O-])c1cc([N+](=O)[O-])c(Nc2c(C(F)(F)F)cccc2C(F)(F)F)c(C(F)(F)F)c1. The number of halogens is 9. The maximum atomic E-state index is 13.4. The number of hydrogen-bond acceptors (Lipinski definition) is 5. The Bertz CT molecular complexity index is 1010. The molecule has 0 unspecified atom stereocenters. The van der Waals surface area contributed by atoms with Gasteiger partial charge in [-0.3, -0.25) is 20.2 Å². The smallest absolute Gasteiger partial charge is 0.348 e. The van der Waals surface area contributed by atoms with E-state index >= 15 is 0 Å². The molecule has 7 nitrogen and oxygen atoms in total. The number of anilines is 2. The van der Waals surface area contributed by atoms with Crippen LogP contribution in [0.15, 0.2) is 30.3 Å². The highest BCUT2D eigenvalue weighted by atomic mass is 19.4. The lowest BCUT2D eigenvalue weighted by Crippen LogP contribution is -2.18. The first-order valence-electron chi connectivity index (χ1n) is 7.53. The lowest BCUT2D eigenvalue weighted by atomic mass is 10.0. The summed E-state index contributed by atoms with van der Waals surface area (Å²) >= 11 is 0. The third-order valence-electron chi connectivity index (χ3n) is 3.74. The number of para-hydroxylation sites is 1. The van der Waals surface area contributed by atoms with E-state index in [9.17, 15) is 59.7 Å². The summed E-state index contributed by atoms with van der Waals surface area (Å²) in [5, 5.41) is 23.2. The summed E-state index contributed by atoms with van der Waals surface area (Å²) in [6.45, 7) is 0. The summed E-state index contributed by atoms with van der Waals surface area (Å²) < 4.78 is 120. The number of hydrogen-bond donors (Lipinski definition) is 1. The molecule has 0 spiro atoms. The van der Waals surface area contributed by atoms with Crippen LogP contribution in [0.25, 0.3) is 0 Å². The lowest BCUT2D eigenvalue weighted by Gasteiger charge is -2.21. The predicted molar refractivity (Wildman–Crippen MR) is 84.5 cm³/mol. The molecule has 0 bridgehead atoms. The second-order valence-corrected chi connectivity index (χ2v) is 5.75. The fraction of sp³-hybridized carbons (Fsp3) is 0.200. The van der Waals surface area contributed by atoms with Gasteiger partial charge in [0, 0.05) is 6.07 Å². The number of alkyl halides is 9. The van der Waals surface area contributed by atoms with Crippen molar-refractivity contribution in [3.63, 3.8) is 0 Å². The Labute approximate surface area is 164 Å². The van der Waals surface area contributed by atoms with Crippen LogP contribution in [0.1, 0.15) is 16.7 Å². The Morgan fingerprint density at radius 2 is 1.13 bits per heavy atom. The molecule has 16 heteroatoms. The van der Waals surface area contributed by atoms with Crippen LogP contribution in [0, 0.1) is 20.2 Å². The molecule has 1 N–H and O–H groups in total. The second-order valence-electron chi connectivity index (χ2n) is 5.75. The van der Waals surface area contributed by atoms with Crippen molar-refractivity contribution in [2.75, 3.05) is 5.32 Å². The van der Waals surface area contributed by atoms with Crippen LogP contribution in [0.4, 0.5) is 62.3 Å². The van der Waals surface area contributed by atoms with Crippen molar-refractivity contribution in [1.82, 2.24) is 0 Å². The van der Waals surface area contributed by atoms with Gasteiger partial charge in [-0.15, -0.1) is 0 Å². The Morgan fingerprint density at radius 3 is 1.48 bits per heavy atom. The zero-order valence-corrected chi connectivity index (χ0v) is 14.3. The van der Waals surface area contributed by atoms with Gasteiger partial charge in [0.05, 0.1) is 38.3 Å². The zero-order chi connectivity index (χ0) is 23.9. The summed E-state index contributed by atoms with van der Waals surface area (Å²) in [5.41, 5.74) is -13.3. The molecule has 0 aromatic heterocycles. The molecule has 0 saturated heterocycles. The molecule has 0 heterocycles. The Balaban J connectivity index is 2.94. The number of nitrogens with zero attached hydrogens (tertiary/aromatic N) is 2. The van der Waals surface area contributed by atoms with Crippen LogP contribution in [0.5, 0.6) is 0 Å². The summed E-state index contributed by atoms with van der Waals surface area (Å²) in [7, 11) is 0. The third kappa shape index (κ3) is 4.95. The maximum Gasteiger partial charge on any atom is 0.418 e. The minimum atomic E-state index is -5.62. The normalized spacial score (nSPS) is 12.5. The van der Waals surface area contributed by atoms with Crippen LogP contribution in [-0.2, 0) is 18.5 Å². The molecule has 0 atom stereocenters. The van der Waals surface area contributed by atoms with E-state index in [0.29, 0.717) is 6.07 Å². The number of non-ortho nitro benzene ring substituents is 1. The average molecular weight is 463 g/mol. The van der Waals surface area contributed by atoms with E-state index in [1.54, 1.807) is 0 Å². The van der Waals surface area contributed by atoms with Crippen molar-refractivity contribution in [2.24, 2.45) is 0 Å². The van der Waals surface area contributed by atoms with Gasteiger partial charge in [-0.1, -0.05) is 6.07 Å². The van der Waals surface area contributed by atoms with E-state index in [-0.39, 0.29) is 24.3 Å². The molecule has 0 saturated carbocycles. The van der Waals surface area contributed by atoms with E-state index in [1.807, 2.05) is 0 Å². The summed E-state index contributed by atoms with van der Waals surface area (Å²) in [5.74, 6) is 0. The fourth-order valence-corrected chi connectivity index (χ4v) is 2.50. The highest BCUT2D eigenvalue weighted by Crippen LogP contribution is 2.48. The minimum Gasteiger partial charge on any atom is -0.348 e. The van der Waals surface area contributed by atoms with Gasteiger partial charge in [0.15, 0.2) is 0 Å². The van der Waals surface area contributed by atoms with E-state index in [0.717, 1.165) is 0 Å². The molecule has 0 aliphatic carbocycles. The molecule has 0 aliphatic rings. The molecular weight excluding hydrogens is 457 g/mol. The van der Waals surface area contributed by atoms with Crippen LogP contribution < -0.4 is 5.32 Å². The van der Waals surface area contributed by atoms with Crippen molar-refractivity contribution < 1.29 is 49.4 Å². The molecule has 0 radical (unpaired) electrons. The molecule has 168 valence electrons. The van der Waals surface area contributed by atoms with Gasteiger partial charge in [-0.05, 0) is 12.1 Å². The summed E-state index contributed by atoms with van der Waals surface area (Å²) in [4.78, 5) is 18.9. The second kappa shape index (κ2) is 7.59. The first kappa shape index (κ1) is 23.7. The van der Waals surface area contributed by atoms with Crippen molar-refractivity contribution >= 4 is 22.7 Å². The van der Waals surface area contributed by atoms with Crippen LogP contribution in [0.2, 0.25) is 0 Å². The van der Waals surface area contributed by atoms with Crippen molar-refractivity contribution in [3.8, 4) is 0 Å². The number of rotatable bonds is 4. The minimum absolute atomic E-state index is 0.0267. The summed E-state index contributed by atoms with van der Waals surface area (Å²) in [6, 6.07) is 0.287. The maximum absolute atomic E-state index is 13.4. The van der Waals surface area contributed by atoms with E-state index < -0.39 is 67.8 Å². The predicted octanol–water partition coefficient (Wildman–Crippen LogP) is 6.30. The van der Waals surface area contributed by atoms with Gasteiger partial charge in [0.25, 0.3) is 11.4 Å². The van der Waals surface area contributed by atoms with E-state index in [1.165, 1.54) is 5.32 Å². The number of nitrogens with one attached hydrogen (secondary N) is 1. The van der Waals surface area contributed by atoms with Gasteiger partial charge < -0.3 is 5.32 Å². The van der Waals surface area contributed by atoms with Gasteiger partial charge in [0.2, 0.25) is 0 Å². The molecule has 31 heavy (non-hydrogen) atoms. The van der Waals surface area contributed by atoms with Crippen LogP contribution in [-0.4, -0.2) is 9.85 Å². The molecule has 2 aromatic carbocycles. The first-order valence-corrected chi connectivity index (χ1v) is 7.53.